The molecular weight excluding hydrogens is 775 g/mol. The van der Waals surface area contributed by atoms with Crippen LogP contribution in [0, 0.1) is 18.2 Å². The van der Waals surface area contributed by atoms with Gasteiger partial charge in [0.15, 0.2) is 0 Å². The van der Waals surface area contributed by atoms with Crippen LogP contribution in [-0.4, -0.2) is 15.0 Å². The van der Waals surface area contributed by atoms with Crippen LogP contribution in [0.2, 0.25) is 0 Å². The summed E-state index contributed by atoms with van der Waals surface area (Å²) in [5.41, 5.74) is 8.04. The second-order valence-electron chi connectivity index (χ2n) is 14.4. The van der Waals surface area contributed by atoms with Gasteiger partial charge < -0.3 is 0 Å². The molecule has 0 aliphatic rings. The predicted molar refractivity (Wildman–Crippen MR) is 197 cm³/mol. The summed E-state index contributed by atoms with van der Waals surface area (Å²) in [4.78, 5) is 14.1. The van der Waals surface area contributed by atoms with Crippen molar-refractivity contribution < 1.29 is 20.1 Å². The Hall–Kier alpha value is -4.24. The van der Waals surface area contributed by atoms with Crippen molar-refractivity contribution in [2.24, 2.45) is 0 Å². The van der Waals surface area contributed by atoms with Crippen LogP contribution < -0.4 is 0 Å². The molecule has 3 aromatic heterocycles. The first-order valence-corrected chi connectivity index (χ1v) is 16.6. The third-order valence-corrected chi connectivity index (χ3v) is 9.55. The zero-order valence-corrected chi connectivity index (χ0v) is 32.3. The quantitative estimate of drug-likeness (QED) is 0.144. The number of rotatable bonds is 8. The van der Waals surface area contributed by atoms with Crippen molar-refractivity contribution in [3.8, 4) is 0 Å². The van der Waals surface area contributed by atoms with Crippen molar-refractivity contribution in [1.82, 2.24) is 15.0 Å². The van der Waals surface area contributed by atoms with Gasteiger partial charge in [0.05, 0.1) is 0 Å². The van der Waals surface area contributed by atoms with Crippen molar-refractivity contribution >= 4 is 0 Å². The summed E-state index contributed by atoms with van der Waals surface area (Å²) >= 11 is 0. The van der Waals surface area contributed by atoms with Crippen LogP contribution in [0.15, 0.2) is 134 Å². The maximum absolute atomic E-state index is 5.03. The van der Waals surface area contributed by atoms with Crippen LogP contribution in [0.5, 0.6) is 0 Å². The molecule has 3 aromatic carbocycles. The molecule has 6 aromatic rings. The van der Waals surface area contributed by atoms with Crippen molar-refractivity contribution in [2.75, 3.05) is 0 Å². The number of aromatic nitrogens is 3. The molecule has 3 heterocycles. The third-order valence-electron chi connectivity index (χ3n) is 9.55. The first kappa shape index (κ1) is 37.6. The van der Waals surface area contributed by atoms with Gasteiger partial charge in [0.2, 0.25) is 0 Å². The monoisotopic (exact) mass is 821 g/mol. The minimum atomic E-state index is -0.197. The molecule has 0 bridgehead atoms. The van der Waals surface area contributed by atoms with Gasteiger partial charge in [0.1, 0.15) is 0 Å². The second kappa shape index (κ2) is 15.5. The molecule has 250 valence electrons. The molecule has 0 fully saturated rings. The van der Waals surface area contributed by atoms with E-state index in [1.54, 1.807) is 0 Å². The molecular formula is C45H46IrN3. The van der Waals surface area contributed by atoms with E-state index in [1.165, 1.54) is 0 Å². The Morgan fingerprint density at radius 1 is 0.388 bits per heavy atom. The van der Waals surface area contributed by atoms with Crippen molar-refractivity contribution in [3.63, 3.8) is 0 Å². The van der Waals surface area contributed by atoms with Crippen LogP contribution in [0.4, 0.5) is 0 Å². The van der Waals surface area contributed by atoms with Crippen LogP contribution >= 0.6 is 0 Å². The standard InChI is InChI=1S/C23H23N.C22H23N2.Ir/c1-22(2,18-12-7-5-8-13-18)20-16-11-17-21(24-20)23(3,4)19-14-9-6-10-15-19;1-21(2,19-12-5-7-14-23-19)17-10-9-11-18(16-17)22(3,4)20-13-6-8-15-24-20;/h5-12,14,16-17H,1-4H3;5-15H,1-4H3;/q-2;-1;+3. The average molecular weight is 821 g/mol. The molecule has 0 radical (unpaired) electrons. The predicted octanol–water partition coefficient (Wildman–Crippen LogP) is 10.3. The van der Waals surface area contributed by atoms with E-state index in [0.29, 0.717) is 0 Å². The number of benzene rings is 3. The topological polar surface area (TPSA) is 38.7 Å². The van der Waals surface area contributed by atoms with E-state index in [0.717, 1.165) is 45.0 Å². The molecule has 49 heavy (non-hydrogen) atoms. The molecule has 0 unspecified atom stereocenters. The third kappa shape index (κ3) is 8.32. The van der Waals surface area contributed by atoms with Gasteiger partial charge in [-0.3, -0.25) is 15.0 Å². The van der Waals surface area contributed by atoms with Gasteiger partial charge in [-0.15, -0.1) is 0 Å². The van der Waals surface area contributed by atoms with E-state index < -0.39 is 0 Å². The van der Waals surface area contributed by atoms with Crippen molar-refractivity contribution in [3.05, 3.63) is 197 Å². The first-order valence-electron chi connectivity index (χ1n) is 16.6. The molecule has 0 N–H and O–H groups in total. The summed E-state index contributed by atoms with van der Waals surface area (Å²) in [6.45, 7) is 17.6. The van der Waals surface area contributed by atoms with E-state index in [9.17, 15) is 0 Å². The Morgan fingerprint density at radius 3 is 1.10 bits per heavy atom. The van der Waals surface area contributed by atoms with E-state index in [-0.39, 0.29) is 41.8 Å². The fourth-order valence-electron chi connectivity index (χ4n) is 5.91. The molecule has 0 atom stereocenters. The second-order valence-corrected chi connectivity index (χ2v) is 14.4. The Bertz CT molecular complexity index is 1620. The average Bonchev–Trinajstić information content (AvgIpc) is 3.13. The molecule has 0 aliphatic carbocycles. The summed E-state index contributed by atoms with van der Waals surface area (Å²) in [5.74, 6) is 0. The smallest absolute Gasteiger partial charge is 0.260 e. The molecule has 4 heteroatoms. The Balaban J connectivity index is 0.000000216. The summed E-state index contributed by atoms with van der Waals surface area (Å²) in [5, 5.41) is 0. The first-order chi connectivity index (χ1) is 22.8. The van der Waals surface area contributed by atoms with Gasteiger partial charge in [0.25, 0.3) is 0 Å². The molecule has 0 saturated heterocycles. The van der Waals surface area contributed by atoms with Gasteiger partial charge >= 0.3 is 20.1 Å². The van der Waals surface area contributed by atoms with Crippen LogP contribution in [0.1, 0.15) is 100 Å². The maximum Gasteiger partial charge on any atom is 3.00 e. The fraction of sp³-hybridized carbons (Fsp3) is 0.267. The number of pyridine rings is 3. The SMILES string of the molecule is CC(C)(c1[c-]c(C(C)(C)c2ccccn2)ccc1)c1ccccn1.CC(C)(c1[c-]cccc1)c1cccc(C(C)(C)c2[c-]cccc2)n1.[Ir+3]. The maximum atomic E-state index is 5.03. The Morgan fingerprint density at radius 2 is 0.735 bits per heavy atom. The molecule has 6 rings (SSSR count). The number of hydrogen-bond acceptors (Lipinski definition) is 3. The molecule has 0 amide bonds. The van der Waals surface area contributed by atoms with E-state index in [2.05, 4.69) is 156 Å². The van der Waals surface area contributed by atoms with E-state index in [4.69, 9.17) is 4.98 Å². The minimum absolute atomic E-state index is 0. The summed E-state index contributed by atoms with van der Waals surface area (Å²) in [6, 6.07) is 51.4. The summed E-state index contributed by atoms with van der Waals surface area (Å²) in [7, 11) is 0. The van der Waals surface area contributed by atoms with E-state index >= 15 is 0 Å². The zero-order chi connectivity index (χ0) is 34.4. The van der Waals surface area contributed by atoms with Crippen LogP contribution in [0.3, 0.4) is 0 Å². The minimum Gasteiger partial charge on any atom is -0.260 e. The zero-order valence-electron chi connectivity index (χ0n) is 29.9. The van der Waals surface area contributed by atoms with Gasteiger partial charge in [-0.05, 0) is 36.4 Å². The summed E-state index contributed by atoms with van der Waals surface area (Å²) < 4.78 is 0. The molecule has 0 saturated carbocycles. The van der Waals surface area contributed by atoms with Crippen molar-refractivity contribution in [1.29, 1.82) is 0 Å². The van der Waals surface area contributed by atoms with E-state index in [1.807, 2.05) is 60.9 Å². The van der Waals surface area contributed by atoms with Gasteiger partial charge in [-0.25, -0.2) is 0 Å². The van der Waals surface area contributed by atoms with Crippen LogP contribution in [-0.2, 0) is 41.8 Å². The fourth-order valence-corrected chi connectivity index (χ4v) is 5.91. The normalized spacial score (nSPS) is 11.9. The summed E-state index contributed by atoms with van der Waals surface area (Å²) in [6.07, 6.45) is 3.69. The van der Waals surface area contributed by atoms with Gasteiger partial charge in [0, 0.05) is 56.8 Å². The number of hydrogen-bond donors (Lipinski definition) is 0. The molecule has 0 aliphatic heterocycles. The van der Waals surface area contributed by atoms with Gasteiger partial charge in [-0.1, -0.05) is 73.6 Å². The van der Waals surface area contributed by atoms with Crippen molar-refractivity contribution in [2.45, 2.75) is 77.0 Å². The molecule has 0 spiro atoms. The number of nitrogens with zero attached hydrogens (tertiary/aromatic N) is 3. The van der Waals surface area contributed by atoms with Crippen LogP contribution in [0.25, 0.3) is 0 Å². The Labute approximate surface area is 307 Å². The Kier molecular flexibility index (Phi) is 11.9. The van der Waals surface area contributed by atoms with Gasteiger partial charge in [-0.2, -0.15) is 107 Å². The molecule has 3 nitrogen and oxygen atoms in total. The largest absolute Gasteiger partial charge is 3.00 e.